The Morgan fingerprint density at radius 1 is 1.44 bits per heavy atom. The molecule has 0 aliphatic heterocycles. The third-order valence-corrected chi connectivity index (χ3v) is 2.35. The maximum Gasteiger partial charge on any atom is 0.512 e. The van der Waals surface area contributed by atoms with Crippen LogP contribution in [0.4, 0.5) is 4.79 Å². The first-order chi connectivity index (χ1) is 7.63. The number of benzene rings is 1. The van der Waals surface area contributed by atoms with Gasteiger partial charge in [-0.3, -0.25) is 0 Å². The molecule has 1 aromatic carbocycles. The third-order valence-electron chi connectivity index (χ3n) is 2.35. The van der Waals surface area contributed by atoms with Gasteiger partial charge in [-0.15, -0.1) is 0 Å². The average molecular weight is 221 g/mol. The minimum atomic E-state index is -1.37. The zero-order valence-electron chi connectivity index (χ0n) is 8.90. The van der Waals surface area contributed by atoms with Gasteiger partial charge in [0.05, 0.1) is 12.6 Å². The lowest BCUT2D eigenvalue weighted by atomic mass is 10.1. The first-order valence-electron chi connectivity index (χ1n) is 4.69. The van der Waals surface area contributed by atoms with Crippen LogP contribution >= 0.6 is 0 Å². The van der Waals surface area contributed by atoms with Crippen LogP contribution in [0.5, 0.6) is 11.6 Å². The van der Waals surface area contributed by atoms with Gasteiger partial charge in [-0.25, -0.2) is 4.79 Å². The van der Waals surface area contributed by atoms with E-state index >= 15 is 0 Å². The fraction of sp³-hybridized carbons (Fsp3) is 0.182. The van der Waals surface area contributed by atoms with Crippen LogP contribution in [-0.2, 0) is 0 Å². The number of carboxylic acid groups (broad SMARTS) is 1. The van der Waals surface area contributed by atoms with Gasteiger partial charge >= 0.3 is 6.16 Å². The fourth-order valence-corrected chi connectivity index (χ4v) is 1.72. The molecule has 84 valence electrons. The van der Waals surface area contributed by atoms with Crippen molar-refractivity contribution in [3.05, 3.63) is 23.8 Å². The zero-order valence-corrected chi connectivity index (χ0v) is 8.90. The Hall–Kier alpha value is -2.17. The standard InChI is InChI=1S/C11H11NO4/c1-6-4-3-5-7-8(6)9(15-2)10(12-7)16-11(13)14/h3-5,12H,1-2H3,(H,13,14). The van der Waals surface area contributed by atoms with Crippen LogP contribution in [0.1, 0.15) is 5.56 Å². The predicted molar refractivity (Wildman–Crippen MR) is 58.2 cm³/mol. The maximum absolute atomic E-state index is 10.5. The van der Waals surface area contributed by atoms with Crippen LogP contribution in [0, 0.1) is 6.92 Å². The second-order valence-corrected chi connectivity index (χ2v) is 3.35. The minimum Gasteiger partial charge on any atom is -0.491 e. The Morgan fingerprint density at radius 3 is 2.81 bits per heavy atom. The molecule has 1 aromatic heterocycles. The van der Waals surface area contributed by atoms with Crippen molar-refractivity contribution in [2.45, 2.75) is 6.92 Å². The summed E-state index contributed by atoms with van der Waals surface area (Å²) in [6.45, 7) is 1.92. The van der Waals surface area contributed by atoms with E-state index in [2.05, 4.69) is 9.72 Å². The molecule has 0 radical (unpaired) electrons. The summed E-state index contributed by atoms with van der Waals surface area (Å²) < 4.78 is 9.77. The van der Waals surface area contributed by atoms with Crippen molar-refractivity contribution in [1.82, 2.24) is 4.98 Å². The summed E-state index contributed by atoms with van der Waals surface area (Å²) in [5.74, 6) is 0.523. The molecule has 2 aromatic rings. The van der Waals surface area contributed by atoms with Gasteiger partial charge in [0.25, 0.3) is 0 Å². The maximum atomic E-state index is 10.5. The fourth-order valence-electron chi connectivity index (χ4n) is 1.72. The summed E-state index contributed by atoms with van der Waals surface area (Å²) in [5, 5.41) is 9.42. The number of rotatable bonds is 2. The number of aromatic amines is 1. The molecule has 16 heavy (non-hydrogen) atoms. The first-order valence-corrected chi connectivity index (χ1v) is 4.69. The first kappa shape index (κ1) is 10.4. The van der Waals surface area contributed by atoms with Gasteiger partial charge in [0.15, 0.2) is 5.75 Å². The Kier molecular flexibility index (Phi) is 2.44. The highest BCUT2D eigenvalue weighted by Crippen LogP contribution is 2.37. The lowest BCUT2D eigenvalue weighted by Crippen LogP contribution is -2.04. The number of methoxy groups -OCH3 is 1. The van der Waals surface area contributed by atoms with E-state index in [4.69, 9.17) is 9.84 Å². The van der Waals surface area contributed by atoms with Gasteiger partial charge < -0.3 is 19.6 Å². The molecule has 0 aliphatic carbocycles. The number of H-pyrrole nitrogens is 1. The molecule has 2 rings (SSSR count). The van der Waals surface area contributed by atoms with Gasteiger partial charge in [-0.1, -0.05) is 12.1 Å². The molecular formula is C11H11NO4. The monoisotopic (exact) mass is 221 g/mol. The Labute approximate surface area is 91.6 Å². The molecule has 2 N–H and O–H groups in total. The Bertz CT molecular complexity index is 544. The number of ether oxygens (including phenoxy) is 2. The molecule has 0 bridgehead atoms. The van der Waals surface area contributed by atoms with Crippen LogP contribution in [0.2, 0.25) is 0 Å². The van der Waals surface area contributed by atoms with E-state index in [0.717, 1.165) is 16.5 Å². The van der Waals surface area contributed by atoms with Crippen molar-refractivity contribution in [1.29, 1.82) is 0 Å². The molecule has 0 spiro atoms. The largest absolute Gasteiger partial charge is 0.512 e. The Morgan fingerprint density at radius 2 is 2.19 bits per heavy atom. The average Bonchev–Trinajstić information content (AvgIpc) is 2.55. The van der Waals surface area contributed by atoms with Gasteiger partial charge in [-0.2, -0.15) is 0 Å². The number of carbonyl (C=O) groups is 1. The minimum absolute atomic E-state index is 0.110. The SMILES string of the molecule is COc1c(OC(=O)O)[nH]c2cccc(C)c12. The van der Waals surface area contributed by atoms with Crippen molar-refractivity contribution in [3.8, 4) is 11.6 Å². The predicted octanol–water partition coefficient (Wildman–Crippen LogP) is 2.54. The van der Waals surface area contributed by atoms with Crippen LogP contribution in [-0.4, -0.2) is 23.4 Å². The van der Waals surface area contributed by atoms with Gasteiger partial charge in [0, 0.05) is 5.39 Å². The van der Waals surface area contributed by atoms with E-state index in [-0.39, 0.29) is 5.88 Å². The molecule has 5 heteroatoms. The van der Waals surface area contributed by atoms with Crippen LogP contribution in [0.25, 0.3) is 10.9 Å². The topological polar surface area (TPSA) is 71.6 Å². The smallest absolute Gasteiger partial charge is 0.491 e. The highest BCUT2D eigenvalue weighted by molar-refractivity contribution is 5.92. The summed E-state index contributed by atoms with van der Waals surface area (Å²) in [5.41, 5.74) is 1.78. The van der Waals surface area contributed by atoms with E-state index in [1.54, 1.807) is 0 Å². The van der Waals surface area contributed by atoms with Gasteiger partial charge in [0.1, 0.15) is 0 Å². The third kappa shape index (κ3) is 1.56. The van der Waals surface area contributed by atoms with Crippen LogP contribution in [0.15, 0.2) is 18.2 Å². The van der Waals surface area contributed by atoms with Crippen LogP contribution in [0.3, 0.4) is 0 Å². The lowest BCUT2D eigenvalue weighted by Gasteiger charge is -2.02. The number of nitrogens with one attached hydrogen (secondary N) is 1. The molecule has 0 fully saturated rings. The van der Waals surface area contributed by atoms with E-state index in [9.17, 15) is 4.79 Å². The Balaban J connectivity index is 2.67. The summed E-state index contributed by atoms with van der Waals surface area (Å²) in [4.78, 5) is 13.4. The molecule has 5 nitrogen and oxygen atoms in total. The van der Waals surface area contributed by atoms with Crippen molar-refractivity contribution in [2.24, 2.45) is 0 Å². The van der Waals surface area contributed by atoms with E-state index in [1.165, 1.54) is 7.11 Å². The van der Waals surface area contributed by atoms with E-state index in [0.29, 0.717) is 5.75 Å². The number of aromatic nitrogens is 1. The summed E-state index contributed by atoms with van der Waals surface area (Å²) in [6.07, 6.45) is -1.37. The normalized spacial score (nSPS) is 10.4. The summed E-state index contributed by atoms with van der Waals surface area (Å²) in [7, 11) is 1.48. The lowest BCUT2D eigenvalue weighted by molar-refractivity contribution is 0.141. The van der Waals surface area contributed by atoms with E-state index in [1.807, 2.05) is 25.1 Å². The molecule has 0 unspecified atom stereocenters. The number of hydrogen-bond acceptors (Lipinski definition) is 3. The molecule has 0 atom stereocenters. The second-order valence-electron chi connectivity index (χ2n) is 3.35. The number of aryl methyl sites for hydroxylation is 1. The van der Waals surface area contributed by atoms with Crippen molar-refractivity contribution in [2.75, 3.05) is 7.11 Å². The van der Waals surface area contributed by atoms with Crippen molar-refractivity contribution >= 4 is 17.1 Å². The number of fused-ring (bicyclic) bond motifs is 1. The molecule has 0 aliphatic rings. The molecular weight excluding hydrogens is 210 g/mol. The van der Waals surface area contributed by atoms with Gasteiger partial charge in [0.2, 0.25) is 5.88 Å². The van der Waals surface area contributed by atoms with Crippen molar-refractivity contribution in [3.63, 3.8) is 0 Å². The zero-order chi connectivity index (χ0) is 11.7. The summed E-state index contributed by atoms with van der Waals surface area (Å²) >= 11 is 0. The van der Waals surface area contributed by atoms with Gasteiger partial charge in [-0.05, 0) is 18.6 Å². The quantitative estimate of drug-likeness (QED) is 0.764. The van der Waals surface area contributed by atoms with E-state index < -0.39 is 6.16 Å². The number of hydrogen-bond donors (Lipinski definition) is 2. The molecule has 0 amide bonds. The second kappa shape index (κ2) is 3.77. The molecule has 0 saturated carbocycles. The molecule has 0 saturated heterocycles. The highest BCUT2D eigenvalue weighted by atomic mass is 16.7. The highest BCUT2D eigenvalue weighted by Gasteiger charge is 2.17. The molecule has 1 heterocycles. The summed E-state index contributed by atoms with van der Waals surface area (Å²) in [6, 6.07) is 5.63. The van der Waals surface area contributed by atoms with Crippen molar-refractivity contribution < 1.29 is 19.4 Å². The van der Waals surface area contributed by atoms with Crippen LogP contribution < -0.4 is 9.47 Å².